The molecule has 0 aromatic heterocycles. The van der Waals surface area contributed by atoms with Crippen LogP contribution in [0.15, 0.2) is 0 Å². The van der Waals surface area contributed by atoms with Crippen LogP contribution in [0.4, 0.5) is 0 Å². The Hall–Kier alpha value is -1.46. The van der Waals surface area contributed by atoms with Gasteiger partial charge in [-0.2, -0.15) is 0 Å². The summed E-state index contributed by atoms with van der Waals surface area (Å²) in [6.45, 7) is 13.3. The molecule has 0 spiro atoms. The topological polar surface area (TPSA) is 167 Å². The van der Waals surface area contributed by atoms with E-state index in [0.717, 1.165) is 6.42 Å². The van der Waals surface area contributed by atoms with Crippen LogP contribution in [0.3, 0.4) is 0 Å². The second-order valence-electron chi connectivity index (χ2n) is 7.39. The first kappa shape index (κ1) is 38.7. The fourth-order valence-corrected chi connectivity index (χ4v) is 2.82. The molecule has 38 heavy (non-hydrogen) atoms. The number of carboxylic acids is 2. The Bertz CT molecular complexity index is 456. The van der Waals surface area contributed by atoms with Gasteiger partial charge in [-0.15, -0.1) is 0 Å². The molecule has 0 heterocycles. The Morgan fingerprint density at radius 3 is 1.00 bits per heavy atom. The van der Waals surface area contributed by atoms with Crippen molar-refractivity contribution in [2.75, 3.05) is 79.3 Å². The van der Waals surface area contributed by atoms with Crippen LogP contribution in [0.5, 0.6) is 0 Å². The molecule has 14 heteroatoms. The number of ether oxygens (including phenoxy) is 2. The maximum atomic E-state index is 10.7. The monoisotopic (exact) mass is 560 g/mol. The highest BCUT2D eigenvalue weighted by atomic mass is 17.2. The van der Waals surface area contributed by atoms with Gasteiger partial charge < -0.3 is 19.7 Å². The van der Waals surface area contributed by atoms with Crippen molar-refractivity contribution in [1.29, 1.82) is 0 Å². The fraction of sp³-hybridized carbons (Fsp3) is 0.917. The summed E-state index contributed by atoms with van der Waals surface area (Å²) in [6.07, 6.45) is 2.91. The van der Waals surface area contributed by atoms with E-state index < -0.39 is 17.4 Å². The Kier molecular flexibility index (Phi) is 30.6. The molecule has 0 radical (unpaired) electrons. The van der Waals surface area contributed by atoms with Gasteiger partial charge in [0.25, 0.3) is 0 Å². The average Bonchev–Trinajstić information content (AvgIpc) is 2.92. The predicted molar refractivity (Wildman–Crippen MR) is 133 cm³/mol. The standard InChI is InChI=1S/2C8H18O5.C8H12O4/c2*1-3-10-12-7-5-9-6-8-13-11-4-2;9-6(10)8(7(11)12)4-2-1-3-5-8/h2*3-8H2,1-2H3;1-5H2,(H,9,10)(H,11,12). The van der Waals surface area contributed by atoms with Crippen molar-refractivity contribution in [2.24, 2.45) is 5.41 Å². The van der Waals surface area contributed by atoms with Crippen molar-refractivity contribution in [3.05, 3.63) is 0 Å². The number of rotatable bonds is 22. The van der Waals surface area contributed by atoms with Crippen molar-refractivity contribution in [2.45, 2.75) is 59.8 Å². The van der Waals surface area contributed by atoms with Crippen LogP contribution in [-0.2, 0) is 58.2 Å². The second kappa shape index (κ2) is 30.1. The quantitative estimate of drug-likeness (QED) is 0.0858. The number of carboxylic acid groups (broad SMARTS) is 2. The number of carbonyl (C=O) groups is 2. The van der Waals surface area contributed by atoms with Crippen molar-refractivity contribution in [3.8, 4) is 0 Å². The Morgan fingerprint density at radius 1 is 0.500 bits per heavy atom. The van der Waals surface area contributed by atoms with Gasteiger partial charge in [-0.25, -0.2) is 39.1 Å². The third-order valence-electron chi connectivity index (χ3n) is 4.57. The van der Waals surface area contributed by atoms with E-state index in [1.54, 1.807) is 0 Å². The smallest absolute Gasteiger partial charge is 0.321 e. The second-order valence-corrected chi connectivity index (χ2v) is 7.39. The van der Waals surface area contributed by atoms with Gasteiger partial charge in [0.15, 0.2) is 5.41 Å². The molecule has 1 rings (SSSR count). The summed E-state index contributed by atoms with van der Waals surface area (Å²) in [5, 5.41) is 17.6. The normalized spacial score (nSPS) is 14.1. The summed E-state index contributed by atoms with van der Waals surface area (Å²) in [7, 11) is 0. The highest BCUT2D eigenvalue weighted by molar-refractivity contribution is 5.98. The third kappa shape index (κ3) is 23.6. The highest BCUT2D eigenvalue weighted by Crippen LogP contribution is 2.36. The van der Waals surface area contributed by atoms with Gasteiger partial charge in [-0.1, -0.05) is 19.3 Å². The van der Waals surface area contributed by atoms with Crippen LogP contribution < -0.4 is 0 Å². The zero-order chi connectivity index (χ0) is 28.7. The Morgan fingerprint density at radius 2 is 0.789 bits per heavy atom. The molecule has 1 saturated carbocycles. The molecule has 0 bridgehead atoms. The first-order chi connectivity index (χ1) is 18.4. The van der Waals surface area contributed by atoms with Crippen LogP contribution >= 0.6 is 0 Å². The van der Waals surface area contributed by atoms with E-state index in [2.05, 4.69) is 19.6 Å². The SMILES string of the molecule is CCOOCCOCCOOCC.CCOOCCOCCOOCC.O=C(O)C1(C(=O)O)CCCCC1. The van der Waals surface area contributed by atoms with Gasteiger partial charge in [0.1, 0.15) is 26.4 Å². The van der Waals surface area contributed by atoms with Crippen LogP contribution in [0.1, 0.15) is 59.8 Å². The molecule has 0 atom stereocenters. The first-order valence-electron chi connectivity index (χ1n) is 13.0. The minimum atomic E-state index is -1.49. The van der Waals surface area contributed by atoms with Crippen molar-refractivity contribution in [3.63, 3.8) is 0 Å². The maximum Gasteiger partial charge on any atom is 0.321 e. The summed E-state index contributed by atoms with van der Waals surface area (Å²) < 4.78 is 10.2. The van der Waals surface area contributed by atoms with Gasteiger partial charge in [0.05, 0.1) is 52.9 Å². The lowest BCUT2D eigenvalue weighted by molar-refractivity contribution is -0.304. The summed E-state index contributed by atoms with van der Waals surface area (Å²) in [6, 6.07) is 0. The molecule has 14 nitrogen and oxygen atoms in total. The van der Waals surface area contributed by atoms with Crippen LogP contribution in [-0.4, -0.2) is 101 Å². The van der Waals surface area contributed by atoms with Crippen molar-refractivity contribution in [1.82, 2.24) is 0 Å². The van der Waals surface area contributed by atoms with E-state index in [0.29, 0.717) is 92.1 Å². The lowest BCUT2D eigenvalue weighted by atomic mass is 9.74. The summed E-state index contributed by atoms with van der Waals surface area (Å²) in [5.41, 5.74) is -1.49. The fourth-order valence-electron chi connectivity index (χ4n) is 2.82. The predicted octanol–water partition coefficient (Wildman–Crippen LogP) is 2.98. The molecule has 2 N–H and O–H groups in total. The van der Waals surface area contributed by atoms with E-state index in [1.807, 2.05) is 27.7 Å². The lowest BCUT2D eigenvalue weighted by Gasteiger charge is -2.28. The van der Waals surface area contributed by atoms with Crippen LogP contribution in [0.25, 0.3) is 0 Å². The van der Waals surface area contributed by atoms with Crippen LogP contribution in [0.2, 0.25) is 0 Å². The average molecular weight is 561 g/mol. The molecule has 0 unspecified atom stereocenters. The Balaban J connectivity index is 0. The summed E-state index contributed by atoms with van der Waals surface area (Å²) >= 11 is 0. The minimum absolute atomic E-state index is 0.275. The lowest BCUT2D eigenvalue weighted by Crippen LogP contribution is -2.40. The largest absolute Gasteiger partial charge is 0.480 e. The van der Waals surface area contributed by atoms with E-state index in [1.165, 1.54) is 0 Å². The molecule has 1 aliphatic rings. The highest BCUT2D eigenvalue weighted by Gasteiger charge is 2.46. The van der Waals surface area contributed by atoms with E-state index >= 15 is 0 Å². The van der Waals surface area contributed by atoms with Gasteiger partial charge in [0, 0.05) is 0 Å². The van der Waals surface area contributed by atoms with Crippen molar-refractivity contribution < 1.29 is 68.4 Å². The molecule has 228 valence electrons. The minimum Gasteiger partial charge on any atom is -0.480 e. The number of hydrogen-bond donors (Lipinski definition) is 2. The maximum absolute atomic E-state index is 10.7. The molecule has 1 fully saturated rings. The molecular formula is C24H48O14. The molecule has 0 amide bonds. The molecule has 0 aromatic rings. The zero-order valence-electron chi connectivity index (χ0n) is 23.3. The summed E-state index contributed by atoms with van der Waals surface area (Å²) in [4.78, 5) is 58.9. The number of hydrogen-bond acceptors (Lipinski definition) is 12. The van der Waals surface area contributed by atoms with Gasteiger partial charge in [-0.05, 0) is 40.5 Å². The van der Waals surface area contributed by atoms with Crippen LogP contribution in [0, 0.1) is 5.41 Å². The van der Waals surface area contributed by atoms with E-state index in [9.17, 15) is 9.59 Å². The van der Waals surface area contributed by atoms with Gasteiger partial charge in [-0.3, -0.25) is 9.59 Å². The summed E-state index contributed by atoms with van der Waals surface area (Å²) in [5.74, 6) is -2.37. The molecule has 0 aromatic carbocycles. The first-order valence-corrected chi connectivity index (χ1v) is 13.0. The molecule has 1 aliphatic carbocycles. The Labute approximate surface area is 225 Å². The van der Waals surface area contributed by atoms with E-state index in [4.69, 9.17) is 39.2 Å². The van der Waals surface area contributed by atoms with Gasteiger partial charge in [0.2, 0.25) is 0 Å². The number of aliphatic carboxylic acids is 2. The van der Waals surface area contributed by atoms with E-state index in [-0.39, 0.29) is 12.8 Å². The van der Waals surface area contributed by atoms with Gasteiger partial charge >= 0.3 is 11.9 Å². The third-order valence-corrected chi connectivity index (χ3v) is 4.57. The molecule has 0 saturated heterocycles. The van der Waals surface area contributed by atoms with Crippen molar-refractivity contribution >= 4 is 11.9 Å². The molecule has 0 aliphatic heterocycles. The zero-order valence-corrected chi connectivity index (χ0v) is 23.3. The molecular weight excluding hydrogens is 512 g/mol.